The normalized spacial score (nSPS) is 10.6. The number of carboxylic acids is 1. The van der Waals surface area contributed by atoms with Crippen LogP contribution in [0.2, 0.25) is 0 Å². The topological polar surface area (TPSA) is 102 Å². The molecule has 0 saturated carbocycles. The van der Waals surface area contributed by atoms with Crippen molar-refractivity contribution >= 4 is 17.6 Å². The van der Waals surface area contributed by atoms with E-state index in [1.807, 2.05) is 0 Å². The number of halogens is 1. The Labute approximate surface area is 141 Å². The van der Waals surface area contributed by atoms with Gasteiger partial charge in [0, 0.05) is 18.0 Å². The second kappa shape index (κ2) is 6.95. The molecule has 0 aliphatic heterocycles. The molecule has 9 heteroatoms. The number of aromatic nitrogens is 4. The van der Waals surface area contributed by atoms with Crippen molar-refractivity contribution in [2.75, 3.05) is 5.32 Å². The van der Waals surface area contributed by atoms with Crippen LogP contribution in [0.5, 0.6) is 0 Å². The zero-order valence-electron chi connectivity index (χ0n) is 13.0. The van der Waals surface area contributed by atoms with Crippen LogP contribution in [0.25, 0.3) is 0 Å². The van der Waals surface area contributed by atoms with Gasteiger partial charge in [0.05, 0.1) is 18.4 Å². The van der Waals surface area contributed by atoms with Crippen LogP contribution in [0.3, 0.4) is 0 Å². The fourth-order valence-corrected chi connectivity index (χ4v) is 2.29. The van der Waals surface area contributed by atoms with E-state index in [4.69, 9.17) is 5.11 Å². The van der Waals surface area contributed by atoms with Gasteiger partial charge in [-0.2, -0.15) is 10.2 Å². The van der Waals surface area contributed by atoms with Crippen LogP contribution in [0.1, 0.15) is 16.1 Å². The Hall–Kier alpha value is -3.49. The van der Waals surface area contributed by atoms with E-state index in [0.717, 1.165) is 4.68 Å². The minimum absolute atomic E-state index is 0.0783. The first-order valence-corrected chi connectivity index (χ1v) is 7.34. The molecule has 2 heterocycles. The number of anilines is 1. The van der Waals surface area contributed by atoms with E-state index < -0.39 is 11.9 Å². The SMILES string of the molecule is O=C(Cn1nccc1C(=O)O)Nc1cnn(Cc2ccccc2F)c1. The number of benzene rings is 1. The third-order valence-electron chi connectivity index (χ3n) is 3.44. The molecule has 1 amide bonds. The van der Waals surface area contributed by atoms with Crippen molar-refractivity contribution in [3.8, 4) is 0 Å². The lowest BCUT2D eigenvalue weighted by Gasteiger charge is -2.05. The van der Waals surface area contributed by atoms with Crippen LogP contribution >= 0.6 is 0 Å². The summed E-state index contributed by atoms with van der Waals surface area (Å²) in [7, 11) is 0. The second-order valence-corrected chi connectivity index (χ2v) is 5.25. The van der Waals surface area contributed by atoms with Crippen molar-refractivity contribution in [2.24, 2.45) is 0 Å². The summed E-state index contributed by atoms with van der Waals surface area (Å²) in [5.41, 5.74) is 0.821. The molecule has 128 valence electrons. The summed E-state index contributed by atoms with van der Waals surface area (Å²) in [6.45, 7) is -0.0159. The van der Waals surface area contributed by atoms with Gasteiger partial charge >= 0.3 is 5.97 Å². The highest BCUT2D eigenvalue weighted by atomic mass is 19.1. The Balaban J connectivity index is 1.63. The molecule has 0 radical (unpaired) electrons. The molecular formula is C16H14FN5O3. The Bertz CT molecular complexity index is 918. The summed E-state index contributed by atoms with van der Waals surface area (Å²) in [6.07, 6.45) is 4.30. The van der Waals surface area contributed by atoms with Gasteiger partial charge in [0.2, 0.25) is 5.91 Å². The molecule has 3 rings (SSSR count). The Morgan fingerprint density at radius 3 is 2.76 bits per heavy atom. The highest BCUT2D eigenvalue weighted by Crippen LogP contribution is 2.11. The van der Waals surface area contributed by atoms with Gasteiger partial charge in [-0.3, -0.25) is 9.48 Å². The average molecular weight is 343 g/mol. The molecule has 0 spiro atoms. The third-order valence-corrected chi connectivity index (χ3v) is 3.44. The molecule has 2 aromatic heterocycles. The van der Waals surface area contributed by atoms with Crippen molar-refractivity contribution in [3.05, 3.63) is 66.0 Å². The van der Waals surface area contributed by atoms with Gasteiger partial charge in [0.25, 0.3) is 0 Å². The molecule has 0 unspecified atom stereocenters. The maximum atomic E-state index is 13.6. The minimum Gasteiger partial charge on any atom is -0.477 e. The van der Waals surface area contributed by atoms with Crippen molar-refractivity contribution in [2.45, 2.75) is 13.1 Å². The summed E-state index contributed by atoms with van der Waals surface area (Å²) in [5.74, 6) is -1.94. The Morgan fingerprint density at radius 2 is 2.00 bits per heavy atom. The summed E-state index contributed by atoms with van der Waals surface area (Å²) in [4.78, 5) is 23.0. The molecule has 8 nitrogen and oxygen atoms in total. The van der Waals surface area contributed by atoms with Gasteiger partial charge in [-0.25, -0.2) is 13.9 Å². The third kappa shape index (κ3) is 3.89. The lowest BCUT2D eigenvalue weighted by Crippen LogP contribution is -2.22. The monoisotopic (exact) mass is 343 g/mol. The molecule has 1 aromatic carbocycles. The van der Waals surface area contributed by atoms with Crippen molar-refractivity contribution in [1.82, 2.24) is 19.6 Å². The fraction of sp³-hybridized carbons (Fsp3) is 0.125. The average Bonchev–Trinajstić information content (AvgIpc) is 3.19. The summed E-state index contributed by atoms with van der Waals surface area (Å²) in [5, 5.41) is 19.5. The molecule has 0 aliphatic rings. The number of carbonyl (C=O) groups excluding carboxylic acids is 1. The number of nitrogens with zero attached hydrogens (tertiary/aromatic N) is 4. The number of rotatable bonds is 6. The predicted molar refractivity (Wildman–Crippen MR) is 85.5 cm³/mol. The number of hydrogen-bond donors (Lipinski definition) is 2. The van der Waals surface area contributed by atoms with E-state index >= 15 is 0 Å². The van der Waals surface area contributed by atoms with Crippen LogP contribution in [-0.4, -0.2) is 36.5 Å². The van der Waals surface area contributed by atoms with Crippen LogP contribution in [0.4, 0.5) is 10.1 Å². The van der Waals surface area contributed by atoms with E-state index in [9.17, 15) is 14.0 Å². The molecule has 0 bridgehead atoms. The lowest BCUT2D eigenvalue weighted by atomic mass is 10.2. The second-order valence-electron chi connectivity index (χ2n) is 5.25. The van der Waals surface area contributed by atoms with Crippen molar-refractivity contribution in [3.63, 3.8) is 0 Å². The van der Waals surface area contributed by atoms with Gasteiger partial charge in [-0.15, -0.1) is 0 Å². The number of amides is 1. The first-order chi connectivity index (χ1) is 12.0. The zero-order valence-corrected chi connectivity index (χ0v) is 13.0. The van der Waals surface area contributed by atoms with E-state index in [1.54, 1.807) is 24.4 Å². The van der Waals surface area contributed by atoms with Gasteiger partial charge in [-0.05, 0) is 12.1 Å². The molecule has 25 heavy (non-hydrogen) atoms. The van der Waals surface area contributed by atoms with Gasteiger partial charge < -0.3 is 10.4 Å². The minimum atomic E-state index is -1.16. The van der Waals surface area contributed by atoms with Gasteiger partial charge in [0.1, 0.15) is 18.1 Å². The zero-order chi connectivity index (χ0) is 17.8. The van der Waals surface area contributed by atoms with E-state index in [0.29, 0.717) is 11.3 Å². The number of carboxylic acid groups (broad SMARTS) is 1. The Kier molecular flexibility index (Phi) is 4.55. The first kappa shape index (κ1) is 16.4. The first-order valence-electron chi connectivity index (χ1n) is 7.34. The molecule has 2 N–H and O–H groups in total. The van der Waals surface area contributed by atoms with Gasteiger partial charge in [0.15, 0.2) is 0 Å². The highest BCUT2D eigenvalue weighted by Gasteiger charge is 2.13. The van der Waals surface area contributed by atoms with E-state index in [1.165, 1.54) is 29.2 Å². The molecule has 0 saturated heterocycles. The highest BCUT2D eigenvalue weighted by molar-refractivity contribution is 5.91. The largest absolute Gasteiger partial charge is 0.477 e. The molecule has 0 fully saturated rings. The molecule has 3 aromatic rings. The quantitative estimate of drug-likeness (QED) is 0.708. The number of carbonyl (C=O) groups is 2. The van der Waals surface area contributed by atoms with Gasteiger partial charge in [-0.1, -0.05) is 18.2 Å². The van der Waals surface area contributed by atoms with E-state index in [2.05, 4.69) is 15.5 Å². The van der Waals surface area contributed by atoms with Crippen LogP contribution in [0, 0.1) is 5.82 Å². The summed E-state index contributed by atoms with van der Waals surface area (Å²) < 4.78 is 16.2. The summed E-state index contributed by atoms with van der Waals surface area (Å²) in [6, 6.07) is 7.66. The maximum absolute atomic E-state index is 13.6. The number of hydrogen-bond acceptors (Lipinski definition) is 4. The van der Waals surface area contributed by atoms with Crippen LogP contribution in [-0.2, 0) is 17.9 Å². The summed E-state index contributed by atoms with van der Waals surface area (Å²) >= 11 is 0. The predicted octanol–water partition coefficient (Wildman–Crippen LogP) is 1.60. The number of aromatic carboxylic acids is 1. The molecular weight excluding hydrogens is 329 g/mol. The van der Waals surface area contributed by atoms with E-state index in [-0.39, 0.29) is 24.6 Å². The molecule has 0 aliphatic carbocycles. The van der Waals surface area contributed by atoms with Crippen LogP contribution in [0.15, 0.2) is 48.9 Å². The standard InChI is InChI=1S/C16H14FN5O3/c17-13-4-2-1-3-11(13)8-21-9-12(7-19-21)20-15(23)10-22-14(16(24)25)5-6-18-22/h1-7,9H,8,10H2,(H,20,23)(H,24,25). The lowest BCUT2D eigenvalue weighted by molar-refractivity contribution is -0.116. The fourth-order valence-electron chi connectivity index (χ4n) is 2.29. The number of nitrogens with one attached hydrogen (secondary N) is 1. The Morgan fingerprint density at radius 1 is 1.20 bits per heavy atom. The smallest absolute Gasteiger partial charge is 0.354 e. The molecule has 0 atom stereocenters. The maximum Gasteiger partial charge on any atom is 0.354 e. The van der Waals surface area contributed by atoms with Crippen molar-refractivity contribution in [1.29, 1.82) is 0 Å². The van der Waals surface area contributed by atoms with Crippen molar-refractivity contribution < 1.29 is 19.1 Å². The van der Waals surface area contributed by atoms with Crippen LogP contribution < -0.4 is 5.32 Å².